The minimum absolute atomic E-state index is 0.110. The van der Waals surface area contributed by atoms with Gasteiger partial charge in [-0.15, -0.1) is 0 Å². The smallest absolute Gasteiger partial charge is 0.181 e. The maximum atomic E-state index is 12.0. The zero-order valence-corrected chi connectivity index (χ0v) is 15.2. The fourth-order valence-electron chi connectivity index (χ4n) is 2.99. The number of carbonyl (C=O) groups is 1. The Morgan fingerprint density at radius 3 is 2.44 bits per heavy atom. The van der Waals surface area contributed by atoms with Crippen molar-refractivity contribution in [1.29, 1.82) is 0 Å². The van der Waals surface area contributed by atoms with E-state index >= 15 is 0 Å². The monoisotopic (exact) mass is 374 g/mol. The Bertz CT molecular complexity index is 1180. The van der Waals surface area contributed by atoms with Gasteiger partial charge >= 0.3 is 0 Å². The number of fused-ring (bicyclic) bond motifs is 1. The largest absolute Gasteiger partial charge is 0.382 e. The van der Waals surface area contributed by atoms with Gasteiger partial charge in [-0.25, -0.2) is 9.97 Å². The molecule has 0 bridgehead atoms. The minimum Gasteiger partial charge on any atom is -0.382 e. The van der Waals surface area contributed by atoms with Gasteiger partial charge in [0, 0.05) is 29.6 Å². The first-order valence-corrected chi connectivity index (χ1v) is 8.71. The number of Topliss-reactive ketones (excluding diaryl/α,β-unsaturated/α-hetero) is 1. The normalized spacial score (nSPS) is 10.9. The molecule has 0 amide bonds. The fourth-order valence-corrected chi connectivity index (χ4v) is 3.27. The summed E-state index contributed by atoms with van der Waals surface area (Å²) < 4.78 is 0. The Labute approximate surface area is 160 Å². The highest BCUT2D eigenvalue weighted by Crippen LogP contribution is 2.34. The molecular formula is C21H15ClN4O. The van der Waals surface area contributed by atoms with E-state index in [0.29, 0.717) is 21.9 Å². The van der Waals surface area contributed by atoms with Gasteiger partial charge in [-0.3, -0.25) is 9.78 Å². The molecule has 27 heavy (non-hydrogen) atoms. The Hall–Kier alpha value is -3.31. The summed E-state index contributed by atoms with van der Waals surface area (Å²) in [5, 5.41) is 1.38. The van der Waals surface area contributed by atoms with Crippen molar-refractivity contribution in [2.75, 3.05) is 5.73 Å². The number of ketones is 1. The summed E-state index contributed by atoms with van der Waals surface area (Å²) in [6, 6.07) is 17.1. The van der Waals surface area contributed by atoms with Crippen LogP contribution in [0.15, 0.2) is 60.8 Å². The summed E-state index contributed by atoms with van der Waals surface area (Å²) in [5.41, 5.74) is 9.59. The summed E-state index contributed by atoms with van der Waals surface area (Å²) in [6.45, 7) is 1.42. The average Bonchev–Trinajstić information content (AvgIpc) is 2.68. The Balaban J connectivity index is 2.04. The highest BCUT2D eigenvalue weighted by molar-refractivity contribution is 6.35. The first-order chi connectivity index (χ1) is 13.0. The van der Waals surface area contributed by atoms with Gasteiger partial charge in [0.2, 0.25) is 0 Å². The maximum Gasteiger partial charge on any atom is 0.181 e. The number of nitrogen functional groups attached to an aromatic ring is 1. The fraction of sp³-hybridized carbons (Fsp3) is 0.0476. The van der Waals surface area contributed by atoms with E-state index in [4.69, 9.17) is 17.3 Å². The zero-order valence-electron chi connectivity index (χ0n) is 14.5. The van der Waals surface area contributed by atoms with Crippen LogP contribution in [0.25, 0.3) is 33.4 Å². The van der Waals surface area contributed by atoms with Crippen molar-refractivity contribution in [2.45, 2.75) is 6.92 Å². The molecule has 2 aromatic carbocycles. The standard InChI is InChI=1S/C21H15ClN4O/c1-12(27)17-21(23)26-19(13-6-3-2-4-7-13)20(25-17)15-10-14-8-5-9-24-18(14)16(22)11-15/h2-11H,1H3,(H2,23,26). The highest BCUT2D eigenvalue weighted by Gasteiger charge is 2.18. The predicted octanol–water partition coefficient (Wildman–Crippen LogP) is 4.80. The van der Waals surface area contributed by atoms with Gasteiger partial charge in [-0.2, -0.15) is 0 Å². The molecule has 0 saturated heterocycles. The van der Waals surface area contributed by atoms with E-state index in [1.165, 1.54) is 6.92 Å². The van der Waals surface area contributed by atoms with Gasteiger partial charge in [0.1, 0.15) is 5.69 Å². The van der Waals surface area contributed by atoms with Crippen LogP contribution in [-0.4, -0.2) is 20.7 Å². The topological polar surface area (TPSA) is 81.8 Å². The highest BCUT2D eigenvalue weighted by atomic mass is 35.5. The van der Waals surface area contributed by atoms with Gasteiger partial charge in [-0.1, -0.05) is 48.0 Å². The molecule has 0 atom stereocenters. The first-order valence-electron chi connectivity index (χ1n) is 8.33. The summed E-state index contributed by atoms with van der Waals surface area (Å²) in [5.74, 6) is -0.131. The molecule has 132 valence electrons. The van der Waals surface area contributed by atoms with Crippen LogP contribution in [0.2, 0.25) is 5.02 Å². The van der Waals surface area contributed by atoms with Gasteiger partial charge in [0.15, 0.2) is 11.6 Å². The molecule has 0 saturated carbocycles. The summed E-state index contributed by atoms with van der Waals surface area (Å²) >= 11 is 6.44. The predicted molar refractivity (Wildman–Crippen MR) is 108 cm³/mol. The molecule has 2 heterocycles. The lowest BCUT2D eigenvalue weighted by Crippen LogP contribution is -2.08. The van der Waals surface area contributed by atoms with Crippen LogP contribution in [0.1, 0.15) is 17.4 Å². The van der Waals surface area contributed by atoms with E-state index < -0.39 is 0 Å². The van der Waals surface area contributed by atoms with Gasteiger partial charge in [-0.05, 0) is 18.2 Å². The van der Waals surface area contributed by atoms with Crippen molar-refractivity contribution in [2.24, 2.45) is 0 Å². The number of rotatable bonds is 3. The summed E-state index contributed by atoms with van der Waals surface area (Å²) in [4.78, 5) is 25.3. The van der Waals surface area contributed by atoms with E-state index in [1.807, 2.05) is 48.5 Å². The lowest BCUT2D eigenvalue weighted by molar-refractivity contribution is 0.101. The molecule has 6 heteroatoms. The molecule has 0 unspecified atom stereocenters. The first kappa shape index (κ1) is 17.1. The molecule has 0 aliphatic rings. The van der Waals surface area contributed by atoms with Crippen LogP contribution in [0, 0.1) is 0 Å². The number of carbonyl (C=O) groups excluding carboxylic acids is 1. The van der Waals surface area contributed by atoms with Gasteiger partial charge in [0.05, 0.1) is 21.9 Å². The molecule has 0 aliphatic heterocycles. The van der Waals surface area contributed by atoms with Crippen molar-refractivity contribution in [1.82, 2.24) is 15.0 Å². The van der Waals surface area contributed by atoms with E-state index in [-0.39, 0.29) is 17.3 Å². The number of benzene rings is 2. The van der Waals surface area contributed by atoms with Crippen LogP contribution >= 0.6 is 11.6 Å². The molecule has 4 aromatic rings. The second-order valence-corrected chi connectivity index (χ2v) is 6.52. The third-order valence-corrected chi connectivity index (χ3v) is 4.52. The molecule has 0 spiro atoms. The number of aromatic nitrogens is 3. The van der Waals surface area contributed by atoms with E-state index in [0.717, 1.165) is 16.5 Å². The van der Waals surface area contributed by atoms with Crippen molar-refractivity contribution in [3.63, 3.8) is 0 Å². The van der Waals surface area contributed by atoms with Crippen LogP contribution in [0.4, 0.5) is 5.82 Å². The molecule has 4 rings (SSSR count). The van der Waals surface area contributed by atoms with E-state index in [9.17, 15) is 4.79 Å². The number of nitrogens with two attached hydrogens (primary N) is 1. The van der Waals surface area contributed by atoms with E-state index in [2.05, 4.69) is 15.0 Å². The van der Waals surface area contributed by atoms with Crippen molar-refractivity contribution in [3.05, 3.63) is 71.5 Å². The quantitative estimate of drug-likeness (QED) is 0.521. The number of pyridine rings is 1. The Morgan fingerprint density at radius 1 is 0.963 bits per heavy atom. The second kappa shape index (κ2) is 6.78. The molecule has 0 radical (unpaired) electrons. The molecule has 5 nitrogen and oxygen atoms in total. The van der Waals surface area contributed by atoms with Crippen molar-refractivity contribution < 1.29 is 4.79 Å². The Morgan fingerprint density at radius 2 is 1.70 bits per heavy atom. The number of hydrogen-bond donors (Lipinski definition) is 1. The van der Waals surface area contributed by atoms with Crippen LogP contribution < -0.4 is 5.73 Å². The number of halogens is 1. The van der Waals surface area contributed by atoms with Crippen LogP contribution in [-0.2, 0) is 0 Å². The third-order valence-electron chi connectivity index (χ3n) is 4.24. The van der Waals surface area contributed by atoms with Gasteiger partial charge in [0.25, 0.3) is 0 Å². The lowest BCUT2D eigenvalue weighted by atomic mass is 10.0. The molecule has 2 N–H and O–H groups in total. The maximum absolute atomic E-state index is 12.0. The SMILES string of the molecule is CC(=O)c1nc(-c2cc(Cl)c3ncccc3c2)c(-c2ccccc2)nc1N. The number of hydrogen-bond acceptors (Lipinski definition) is 5. The molecule has 0 aliphatic carbocycles. The van der Waals surface area contributed by atoms with Crippen LogP contribution in [0.3, 0.4) is 0 Å². The van der Waals surface area contributed by atoms with Crippen LogP contribution in [0.5, 0.6) is 0 Å². The second-order valence-electron chi connectivity index (χ2n) is 6.11. The minimum atomic E-state index is -0.241. The van der Waals surface area contributed by atoms with Gasteiger partial charge < -0.3 is 5.73 Å². The number of nitrogens with zero attached hydrogens (tertiary/aromatic N) is 3. The molecule has 0 fully saturated rings. The van der Waals surface area contributed by atoms with Crippen molar-refractivity contribution >= 4 is 34.1 Å². The summed E-state index contributed by atoms with van der Waals surface area (Å²) in [7, 11) is 0. The average molecular weight is 375 g/mol. The molecule has 2 aromatic heterocycles. The third kappa shape index (κ3) is 3.13. The summed E-state index contributed by atoms with van der Waals surface area (Å²) in [6.07, 6.45) is 1.69. The number of anilines is 1. The van der Waals surface area contributed by atoms with Crippen molar-refractivity contribution in [3.8, 4) is 22.5 Å². The zero-order chi connectivity index (χ0) is 19.0. The lowest BCUT2D eigenvalue weighted by Gasteiger charge is -2.13. The Kier molecular flexibility index (Phi) is 4.30. The van der Waals surface area contributed by atoms with E-state index in [1.54, 1.807) is 12.3 Å². The molecular weight excluding hydrogens is 360 g/mol.